The van der Waals surface area contributed by atoms with Crippen molar-refractivity contribution in [3.8, 4) is 0 Å². The van der Waals surface area contributed by atoms with Crippen LogP contribution in [0.1, 0.15) is 0 Å². The molecule has 1 aliphatic heterocycles. The minimum Gasteiger partial charge on any atom is -0.360 e. The zero-order valence-corrected chi connectivity index (χ0v) is 4.77. The molecule has 40 valence electrons. The van der Waals surface area contributed by atoms with Gasteiger partial charge in [-0.15, -0.1) is 12.6 Å². The first-order valence-electron chi connectivity index (χ1n) is 2.17. The van der Waals surface area contributed by atoms with Crippen molar-refractivity contribution in [2.75, 3.05) is 13.2 Å². The highest BCUT2D eigenvalue weighted by atomic mass is 32.1. The van der Waals surface area contributed by atoms with Crippen molar-refractivity contribution < 1.29 is 4.74 Å². The van der Waals surface area contributed by atoms with Gasteiger partial charge < -0.3 is 4.74 Å². The zero-order valence-electron chi connectivity index (χ0n) is 3.87. The quantitative estimate of drug-likeness (QED) is 0.454. The van der Waals surface area contributed by atoms with Gasteiger partial charge in [-0.2, -0.15) is 0 Å². The molecule has 1 rings (SSSR count). The van der Waals surface area contributed by atoms with Crippen molar-refractivity contribution in [1.29, 1.82) is 0 Å². The molecule has 0 amide bonds. The Hall–Kier alpha value is -0.0200. The summed E-state index contributed by atoms with van der Waals surface area (Å²) in [5.41, 5.74) is 0.0324. The number of hydrogen-bond donors (Lipinski definition) is 1. The smallest absolute Gasteiger partial charge is 0.120 e. The van der Waals surface area contributed by atoms with Crippen LogP contribution in [0.2, 0.25) is 0 Å². The first-order valence-corrected chi connectivity index (χ1v) is 2.69. The van der Waals surface area contributed by atoms with E-state index < -0.39 is 0 Å². The van der Waals surface area contributed by atoms with E-state index in [0.717, 1.165) is 0 Å². The summed E-state index contributed by atoms with van der Waals surface area (Å²) < 4.78 is 4.99. The van der Waals surface area contributed by atoms with Gasteiger partial charge in [0.05, 0.1) is 13.2 Å². The molecule has 7 heavy (non-hydrogen) atoms. The molecule has 0 bridgehead atoms. The van der Waals surface area contributed by atoms with Gasteiger partial charge in [0.25, 0.3) is 0 Å². The van der Waals surface area contributed by atoms with E-state index in [-0.39, 0.29) is 5.44 Å². The van der Waals surface area contributed by atoms with Crippen molar-refractivity contribution in [2.24, 2.45) is 4.99 Å². The average molecular weight is 117 g/mol. The summed E-state index contributed by atoms with van der Waals surface area (Å²) in [7, 11) is 0. The monoisotopic (exact) mass is 117 g/mol. The Morgan fingerprint density at radius 3 is 3.00 bits per heavy atom. The largest absolute Gasteiger partial charge is 0.360 e. The number of thiol groups is 1. The maximum atomic E-state index is 4.99. The lowest BCUT2D eigenvalue weighted by molar-refractivity contribution is 0.149. The molecular formula is C4H7NOS. The van der Waals surface area contributed by atoms with Crippen LogP contribution in [0, 0.1) is 0 Å². The Bertz CT molecular complexity index is 83.8. The summed E-state index contributed by atoms with van der Waals surface area (Å²) in [6.07, 6.45) is 1.76. The van der Waals surface area contributed by atoms with E-state index in [4.69, 9.17) is 4.74 Å². The van der Waals surface area contributed by atoms with Crippen molar-refractivity contribution in [2.45, 2.75) is 5.44 Å². The zero-order chi connectivity index (χ0) is 5.11. The van der Waals surface area contributed by atoms with E-state index >= 15 is 0 Å². The van der Waals surface area contributed by atoms with Crippen LogP contribution in [0.5, 0.6) is 0 Å². The average Bonchev–Trinajstić information content (AvgIpc) is 1.69. The van der Waals surface area contributed by atoms with E-state index in [0.29, 0.717) is 13.2 Å². The second kappa shape index (κ2) is 2.33. The summed E-state index contributed by atoms with van der Waals surface area (Å²) in [6, 6.07) is 0. The molecule has 0 aromatic carbocycles. The van der Waals surface area contributed by atoms with Gasteiger partial charge in [0, 0.05) is 6.21 Å². The molecule has 2 nitrogen and oxygen atoms in total. The van der Waals surface area contributed by atoms with E-state index in [2.05, 4.69) is 17.6 Å². The minimum absolute atomic E-state index is 0.0324. The molecule has 1 aliphatic rings. The first-order chi connectivity index (χ1) is 3.39. The lowest BCUT2D eigenvalue weighted by Crippen LogP contribution is -2.15. The lowest BCUT2D eigenvalue weighted by atomic mass is 10.6. The molecule has 0 N–H and O–H groups in total. The molecule has 0 aromatic rings. The van der Waals surface area contributed by atoms with Crippen LogP contribution >= 0.6 is 12.6 Å². The van der Waals surface area contributed by atoms with Crippen LogP contribution in [0.15, 0.2) is 4.99 Å². The summed E-state index contributed by atoms with van der Waals surface area (Å²) in [5, 5.41) is 0. The third-order valence-electron chi connectivity index (χ3n) is 0.754. The van der Waals surface area contributed by atoms with Gasteiger partial charge in [0.1, 0.15) is 5.44 Å². The van der Waals surface area contributed by atoms with Crippen LogP contribution in [-0.2, 0) is 4.74 Å². The number of ether oxygens (including phenoxy) is 1. The number of hydrogen-bond acceptors (Lipinski definition) is 3. The highest BCUT2D eigenvalue weighted by Crippen LogP contribution is 1.99. The highest BCUT2D eigenvalue weighted by molar-refractivity contribution is 7.80. The highest BCUT2D eigenvalue weighted by Gasteiger charge is 2.02. The van der Waals surface area contributed by atoms with Gasteiger partial charge in [-0.25, -0.2) is 0 Å². The van der Waals surface area contributed by atoms with Crippen LogP contribution in [0.3, 0.4) is 0 Å². The molecule has 0 saturated carbocycles. The minimum atomic E-state index is 0.0324. The van der Waals surface area contributed by atoms with E-state index in [1.54, 1.807) is 6.21 Å². The summed E-state index contributed by atoms with van der Waals surface area (Å²) in [5.74, 6) is 0. The van der Waals surface area contributed by atoms with Crippen molar-refractivity contribution in [3.05, 3.63) is 0 Å². The third-order valence-corrected chi connectivity index (χ3v) is 1.07. The number of nitrogens with zero attached hydrogens (tertiary/aromatic N) is 1. The fourth-order valence-corrected chi connectivity index (χ4v) is 0.605. The molecule has 3 heteroatoms. The normalized spacial score (nSPS) is 30.7. The molecule has 1 unspecified atom stereocenters. The fourth-order valence-electron chi connectivity index (χ4n) is 0.424. The standard InChI is InChI=1S/C4H7NOS/c7-4-3-5-1-2-6-4/h1,4,7H,2-3H2. The van der Waals surface area contributed by atoms with Gasteiger partial charge in [-0.3, -0.25) is 4.99 Å². The summed E-state index contributed by atoms with van der Waals surface area (Å²) in [6.45, 7) is 1.32. The Morgan fingerprint density at radius 2 is 2.71 bits per heavy atom. The Labute approximate surface area is 48.0 Å². The molecule has 1 atom stereocenters. The maximum absolute atomic E-state index is 4.99. The van der Waals surface area contributed by atoms with Gasteiger partial charge in [-0.1, -0.05) is 0 Å². The van der Waals surface area contributed by atoms with E-state index in [9.17, 15) is 0 Å². The van der Waals surface area contributed by atoms with E-state index in [1.807, 2.05) is 0 Å². The molecule has 0 spiro atoms. The molecular weight excluding hydrogens is 110 g/mol. The van der Waals surface area contributed by atoms with Crippen molar-refractivity contribution in [1.82, 2.24) is 0 Å². The summed E-state index contributed by atoms with van der Waals surface area (Å²) in [4.78, 5) is 3.93. The predicted molar refractivity (Wildman–Crippen MR) is 32.1 cm³/mol. The maximum Gasteiger partial charge on any atom is 0.120 e. The SMILES string of the molecule is SC1CN=CCO1. The third kappa shape index (κ3) is 1.49. The van der Waals surface area contributed by atoms with Gasteiger partial charge >= 0.3 is 0 Å². The molecule has 0 fully saturated rings. The molecule has 0 saturated heterocycles. The summed E-state index contributed by atoms with van der Waals surface area (Å²) >= 11 is 4.03. The van der Waals surface area contributed by atoms with Crippen molar-refractivity contribution in [3.63, 3.8) is 0 Å². The Kier molecular flexibility index (Phi) is 1.70. The second-order valence-electron chi connectivity index (χ2n) is 1.34. The molecule has 0 radical (unpaired) electrons. The van der Waals surface area contributed by atoms with E-state index in [1.165, 1.54) is 0 Å². The molecule has 0 aliphatic carbocycles. The van der Waals surface area contributed by atoms with Crippen LogP contribution < -0.4 is 0 Å². The Balaban J connectivity index is 2.32. The lowest BCUT2D eigenvalue weighted by Gasteiger charge is -2.10. The molecule has 0 aromatic heterocycles. The second-order valence-corrected chi connectivity index (χ2v) is 1.91. The van der Waals surface area contributed by atoms with Crippen molar-refractivity contribution >= 4 is 18.8 Å². The predicted octanol–water partition coefficient (Wildman–Crippen LogP) is 0.343. The molecule has 1 heterocycles. The Morgan fingerprint density at radius 1 is 1.86 bits per heavy atom. The first kappa shape index (κ1) is 5.12. The van der Waals surface area contributed by atoms with Gasteiger partial charge in [0.2, 0.25) is 0 Å². The van der Waals surface area contributed by atoms with Gasteiger partial charge in [0.15, 0.2) is 0 Å². The van der Waals surface area contributed by atoms with Crippen LogP contribution in [-0.4, -0.2) is 24.8 Å². The number of aliphatic imine (C=N–C) groups is 1. The topological polar surface area (TPSA) is 21.6 Å². The number of rotatable bonds is 0. The van der Waals surface area contributed by atoms with Crippen LogP contribution in [0.25, 0.3) is 0 Å². The fraction of sp³-hybridized carbons (Fsp3) is 0.750. The van der Waals surface area contributed by atoms with Gasteiger partial charge in [-0.05, 0) is 0 Å². The van der Waals surface area contributed by atoms with Crippen LogP contribution in [0.4, 0.5) is 0 Å².